The fourth-order valence-corrected chi connectivity index (χ4v) is 3.53. The van der Waals surface area contributed by atoms with Gasteiger partial charge in [0, 0.05) is 33.4 Å². The first kappa shape index (κ1) is 18.0. The summed E-state index contributed by atoms with van der Waals surface area (Å²) in [5, 5.41) is 2.71. The van der Waals surface area contributed by atoms with Crippen molar-refractivity contribution in [3.05, 3.63) is 69.2 Å². The maximum Gasteiger partial charge on any atom is 0.148 e. The van der Waals surface area contributed by atoms with Crippen molar-refractivity contribution in [1.82, 2.24) is 0 Å². The van der Waals surface area contributed by atoms with Crippen molar-refractivity contribution in [3.8, 4) is 5.75 Å². The predicted molar refractivity (Wildman–Crippen MR) is 107 cm³/mol. The van der Waals surface area contributed by atoms with Crippen LogP contribution in [-0.2, 0) is 23.8 Å². The van der Waals surface area contributed by atoms with E-state index in [4.69, 9.17) is 9.15 Å². The fourth-order valence-electron chi connectivity index (χ4n) is 2.57. The highest BCUT2D eigenvalue weighted by molar-refractivity contribution is 9.10. The molecule has 1 unspecified atom stereocenters. The second-order valence-corrected chi connectivity index (χ2v) is 7.86. The number of halogens is 1. The number of hydrogen-bond acceptors (Lipinski definition) is 3. The first-order valence-corrected chi connectivity index (χ1v) is 10.4. The summed E-state index contributed by atoms with van der Waals surface area (Å²) in [7, 11) is -0.988. The van der Waals surface area contributed by atoms with Crippen molar-refractivity contribution in [2.45, 2.75) is 20.0 Å². The van der Waals surface area contributed by atoms with Crippen LogP contribution >= 0.6 is 15.9 Å². The molecule has 0 aliphatic carbocycles. The van der Waals surface area contributed by atoms with Crippen molar-refractivity contribution in [2.75, 3.05) is 6.26 Å². The molecule has 0 bridgehead atoms. The first-order chi connectivity index (χ1) is 12.1. The molecule has 2 aromatic carbocycles. The molecule has 3 nitrogen and oxygen atoms in total. The van der Waals surface area contributed by atoms with Gasteiger partial charge in [0.05, 0.1) is 10.7 Å². The van der Waals surface area contributed by atoms with Crippen molar-refractivity contribution in [3.63, 3.8) is 0 Å². The van der Waals surface area contributed by atoms with Crippen LogP contribution in [0.3, 0.4) is 0 Å². The average molecular weight is 419 g/mol. The van der Waals surface area contributed by atoms with Crippen molar-refractivity contribution < 1.29 is 13.4 Å². The predicted octanol–water partition coefficient (Wildman–Crippen LogP) is 5.69. The normalized spacial score (nSPS) is 12.8. The Kier molecular flexibility index (Phi) is 5.76. The van der Waals surface area contributed by atoms with Gasteiger partial charge < -0.3 is 9.15 Å². The van der Waals surface area contributed by atoms with Crippen LogP contribution in [0.15, 0.2) is 57.0 Å². The van der Waals surface area contributed by atoms with Crippen LogP contribution < -0.4 is 4.74 Å². The van der Waals surface area contributed by atoms with Gasteiger partial charge in [-0.3, -0.25) is 4.21 Å². The van der Waals surface area contributed by atoms with Crippen molar-refractivity contribution >= 4 is 43.8 Å². The molecule has 5 heteroatoms. The van der Waals surface area contributed by atoms with Gasteiger partial charge in [-0.15, -0.1) is 0 Å². The van der Waals surface area contributed by atoms with Gasteiger partial charge in [-0.05, 0) is 63.8 Å². The molecule has 0 saturated carbocycles. The summed E-state index contributed by atoms with van der Waals surface area (Å²) < 4.78 is 23.8. The van der Waals surface area contributed by atoms with Gasteiger partial charge in [0.1, 0.15) is 17.9 Å². The zero-order valence-corrected chi connectivity index (χ0v) is 16.5. The smallest absolute Gasteiger partial charge is 0.148 e. The monoisotopic (exact) mass is 418 g/mol. The molecule has 0 fully saturated rings. The van der Waals surface area contributed by atoms with Crippen molar-refractivity contribution in [2.24, 2.45) is 0 Å². The van der Waals surface area contributed by atoms with E-state index in [1.54, 1.807) is 17.9 Å². The Labute approximate surface area is 158 Å². The van der Waals surface area contributed by atoms with E-state index in [0.717, 1.165) is 38.7 Å². The van der Waals surface area contributed by atoms with Crippen LogP contribution in [0.5, 0.6) is 5.75 Å². The van der Waals surface area contributed by atoms with E-state index in [2.05, 4.69) is 35.0 Å². The third kappa shape index (κ3) is 4.41. The lowest BCUT2D eigenvalue weighted by molar-refractivity contribution is 0.305. The van der Waals surface area contributed by atoms with Gasteiger partial charge in [0.2, 0.25) is 0 Å². The summed E-state index contributed by atoms with van der Waals surface area (Å²) in [5.41, 5.74) is 4.02. The van der Waals surface area contributed by atoms with E-state index in [1.165, 1.54) is 5.56 Å². The van der Waals surface area contributed by atoms with Crippen LogP contribution in [0.2, 0.25) is 0 Å². The number of furan rings is 1. The second kappa shape index (κ2) is 8.02. The van der Waals surface area contributed by atoms with Gasteiger partial charge >= 0.3 is 0 Å². The molecule has 1 heterocycles. The molecular formula is C20H19BrO3S. The number of ether oxygens (including phenoxy) is 1. The highest BCUT2D eigenvalue weighted by Gasteiger charge is 2.08. The highest BCUT2D eigenvalue weighted by Crippen LogP contribution is 2.28. The number of benzene rings is 2. The van der Waals surface area contributed by atoms with Crippen LogP contribution in [0, 0.1) is 0 Å². The number of fused-ring (bicyclic) bond motifs is 1. The van der Waals surface area contributed by atoms with E-state index in [0.29, 0.717) is 6.61 Å². The molecule has 130 valence electrons. The summed E-state index contributed by atoms with van der Waals surface area (Å²) in [6, 6.07) is 12.1. The van der Waals surface area contributed by atoms with Gasteiger partial charge in [0.15, 0.2) is 0 Å². The Bertz CT molecular complexity index is 943. The van der Waals surface area contributed by atoms with E-state index in [9.17, 15) is 4.21 Å². The van der Waals surface area contributed by atoms with Crippen LogP contribution in [0.1, 0.15) is 23.6 Å². The van der Waals surface area contributed by atoms with Gasteiger partial charge in [-0.25, -0.2) is 0 Å². The number of aryl methyl sites for hydroxylation is 1. The highest BCUT2D eigenvalue weighted by atomic mass is 79.9. The molecule has 1 atom stereocenters. The van der Waals surface area contributed by atoms with E-state index >= 15 is 0 Å². The third-order valence-electron chi connectivity index (χ3n) is 3.89. The zero-order chi connectivity index (χ0) is 17.8. The van der Waals surface area contributed by atoms with Gasteiger partial charge in [-0.2, -0.15) is 0 Å². The molecule has 0 amide bonds. The fraction of sp³-hybridized carbons (Fsp3) is 0.200. The summed E-state index contributed by atoms with van der Waals surface area (Å²) in [6.07, 6.45) is 6.11. The molecular weight excluding hydrogens is 400 g/mol. The lowest BCUT2D eigenvalue weighted by Crippen LogP contribution is -1.98. The maximum absolute atomic E-state index is 11.3. The van der Waals surface area contributed by atoms with Crippen LogP contribution in [0.25, 0.3) is 17.0 Å². The van der Waals surface area contributed by atoms with Crippen LogP contribution in [0.4, 0.5) is 0 Å². The van der Waals surface area contributed by atoms with E-state index in [1.807, 2.05) is 30.3 Å². The Morgan fingerprint density at radius 1 is 1.20 bits per heavy atom. The molecule has 1 aromatic heterocycles. The molecule has 0 spiro atoms. The largest absolute Gasteiger partial charge is 0.488 e. The minimum atomic E-state index is -0.988. The molecule has 0 aliphatic rings. The van der Waals surface area contributed by atoms with Gasteiger partial charge in [-0.1, -0.05) is 19.1 Å². The average Bonchev–Trinajstić information content (AvgIpc) is 3.07. The molecule has 3 aromatic rings. The summed E-state index contributed by atoms with van der Waals surface area (Å²) in [6.45, 7) is 2.56. The lowest BCUT2D eigenvalue weighted by atomic mass is 10.1. The summed E-state index contributed by atoms with van der Waals surface area (Å²) in [5.74, 6) is 0.796. The lowest BCUT2D eigenvalue weighted by Gasteiger charge is -2.11. The van der Waals surface area contributed by atoms with E-state index in [-0.39, 0.29) is 0 Å². The molecule has 0 radical (unpaired) electrons. The minimum Gasteiger partial charge on any atom is -0.488 e. The molecule has 0 aliphatic heterocycles. The molecule has 3 rings (SSSR count). The summed E-state index contributed by atoms with van der Waals surface area (Å²) in [4.78, 5) is 0. The minimum absolute atomic E-state index is 0.447. The molecule has 0 N–H and O–H groups in total. The number of hydrogen-bond donors (Lipinski definition) is 0. The summed E-state index contributed by atoms with van der Waals surface area (Å²) >= 11 is 3.54. The van der Waals surface area contributed by atoms with E-state index < -0.39 is 10.8 Å². The quantitative estimate of drug-likeness (QED) is 0.516. The van der Waals surface area contributed by atoms with Crippen molar-refractivity contribution in [1.29, 1.82) is 0 Å². The topological polar surface area (TPSA) is 39.4 Å². The molecule has 25 heavy (non-hydrogen) atoms. The van der Waals surface area contributed by atoms with Gasteiger partial charge in [0.25, 0.3) is 0 Å². The maximum atomic E-state index is 11.3. The number of rotatable bonds is 6. The Morgan fingerprint density at radius 2 is 2.04 bits per heavy atom. The standard InChI is InChI=1S/C20H19BrO3S/c1-3-14-4-5-16(7-9-25(2)22)19(12-14)24-13-15-10-17-6-8-23-20(17)18(21)11-15/h4-12H,3,13H2,1-2H3. The Balaban J connectivity index is 1.86. The zero-order valence-electron chi connectivity index (χ0n) is 14.1. The Hall–Kier alpha value is -1.85. The third-order valence-corrected chi connectivity index (χ3v) is 4.99. The SMILES string of the molecule is CCc1ccc(C=CS(C)=O)c(OCc2cc(Br)c3occc3c2)c1. The first-order valence-electron chi connectivity index (χ1n) is 7.98. The second-order valence-electron chi connectivity index (χ2n) is 5.73. The molecule has 0 saturated heterocycles. The van der Waals surface area contributed by atoms with Crippen LogP contribution in [-0.4, -0.2) is 10.5 Å². The Morgan fingerprint density at radius 3 is 2.80 bits per heavy atom.